The number of nitrogens with one attached hydrogen (secondary N) is 1. The molecule has 0 aliphatic carbocycles. The Balaban J connectivity index is 1.82. The van der Waals surface area contributed by atoms with E-state index in [9.17, 15) is 0 Å². The second-order valence-corrected chi connectivity index (χ2v) is 7.47. The third-order valence-corrected chi connectivity index (χ3v) is 5.91. The SMILES string of the molecule is CCCNCc1ccc(CN2CCC(CC)(CC)C2)s1. The molecule has 2 nitrogen and oxygen atoms in total. The van der Waals surface area contributed by atoms with Crippen LogP contribution in [0.15, 0.2) is 12.1 Å². The maximum absolute atomic E-state index is 3.49. The topological polar surface area (TPSA) is 15.3 Å². The van der Waals surface area contributed by atoms with E-state index in [1.54, 1.807) is 0 Å². The molecule has 3 heteroatoms. The predicted molar refractivity (Wildman–Crippen MR) is 89.2 cm³/mol. The molecule has 0 saturated carbocycles. The third kappa shape index (κ3) is 4.06. The molecule has 0 atom stereocenters. The quantitative estimate of drug-likeness (QED) is 0.721. The number of nitrogens with zero attached hydrogens (tertiary/aromatic N) is 1. The summed E-state index contributed by atoms with van der Waals surface area (Å²) in [6, 6.07) is 4.62. The van der Waals surface area contributed by atoms with Gasteiger partial charge in [-0.2, -0.15) is 0 Å². The summed E-state index contributed by atoms with van der Waals surface area (Å²) in [6.07, 6.45) is 5.26. The van der Waals surface area contributed by atoms with Crippen LogP contribution in [-0.2, 0) is 13.1 Å². The summed E-state index contributed by atoms with van der Waals surface area (Å²) in [4.78, 5) is 5.66. The van der Waals surface area contributed by atoms with Crippen molar-refractivity contribution >= 4 is 11.3 Å². The van der Waals surface area contributed by atoms with Gasteiger partial charge in [0.1, 0.15) is 0 Å². The lowest BCUT2D eigenvalue weighted by Crippen LogP contribution is -2.25. The minimum absolute atomic E-state index is 0.600. The number of hydrogen-bond acceptors (Lipinski definition) is 3. The predicted octanol–water partition coefficient (Wildman–Crippen LogP) is 4.26. The molecular formula is C17H30N2S. The van der Waals surface area contributed by atoms with Crippen LogP contribution in [0.4, 0.5) is 0 Å². The average Bonchev–Trinajstić information content (AvgIpc) is 3.07. The fourth-order valence-electron chi connectivity index (χ4n) is 3.20. The van der Waals surface area contributed by atoms with E-state index in [0.717, 1.165) is 19.6 Å². The first-order valence-electron chi connectivity index (χ1n) is 8.22. The Hall–Kier alpha value is -0.380. The normalized spacial score (nSPS) is 18.8. The van der Waals surface area contributed by atoms with Gasteiger partial charge in [0.15, 0.2) is 0 Å². The van der Waals surface area contributed by atoms with Gasteiger partial charge in [-0.15, -0.1) is 11.3 Å². The molecule has 2 rings (SSSR count). The molecule has 0 bridgehead atoms. The molecule has 1 N–H and O–H groups in total. The largest absolute Gasteiger partial charge is 0.312 e. The third-order valence-electron chi connectivity index (χ3n) is 4.84. The van der Waals surface area contributed by atoms with Gasteiger partial charge in [0, 0.05) is 29.4 Å². The Morgan fingerprint density at radius 3 is 2.60 bits per heavy atom. The molecule has 1 aliphatic rings. The van der Waals surface area contributed by atoms with Gasteiger partial charge < -0.3 is 5.32 Å². The van der Waals surface area contributed by atoms with E-state index in [1.807, 2.05) is 11.3 Å². The lowest BCUT2D eigenvalue weighted by Gasteiger charge is -2.26. The van der Waals surface area contributed by atoms with Crippen LogP contribution in [0.5, 0.6) is 0 Å². The Bertz CT molecular complexity index is 395. The van der Waals surface area contributed by atoms with Crippen LogP contribution in [0.1, 0.15) is 56.2 Å². The van der Waals surface area contributed by atoms with Crippen molar-refractivity contribution in [2.75, 3.05) is 19.6 Å². The molecule has 0 aromatic carbocycles. The van der Waals surface area contributed by atoms with Crippen LogP contribution in [0.25, 0.3) is 0 Å². The van der Waals surface area contributed by atoms with Crippen LogP contribution < -0.4 is 5.32 Å². The zero-order valence-electron chi connectivity index (χ0n) is 13.4. The first-order chi connectivity index (χ1) is 9.71. The zero-order chi connectivity index (χ0) is 14.4. The summed E-state index contributed by atoms with van der Waals surface area (Å²) in [5.41, 5.74) is 0.600. The highest BCUT2D eigenvalue weighted by molar-refractivity contribution is 7.11. The number of rotatable bonds is 8. The van der Waals surface area contributed by atoms with Crippen LogP contribution >= 0.6 is 11.3 Å². The molecular weight excluding hydrogens is 264 g/mol. The van der Waals surface area contributed by atoms with E-state index >= 15 is 0 Å². The van der Waals surface area contributed by atoms with E-state index in [1.165, 1.54) is 48.5 Å². The molecule has 1 saturated heterocycles. The molecule has 20 heavy (non-hydrogen) atoms. The number of thiophene rings is 1. The monoisotopic (exact) mass is 294 g/mol. The lowest BCUT2D eigenvalue weighted by molar-refractivity contribution is 0.237. The van der Waals surface area contributed by atoms with Crippen molar-refractivity contribution in [2.45, 2.75) is 59.5 Å². The van der Waals surface area contributed by atoms with Crippen molar-refractivity contribution in [3.05, 3.63) is 21.9 Å². The second-order valence-electron chi connectivity index (χ2n) is 6.21. The van der Waals surface area contributed by atoms with Gasteiger partial charge in [0.25, 0.3) is 0 Å². The smallest absolute Gasteiger partial charge is 0.0328 e. The summed E-state index contributed by atoms with van der Waals surface area (Å²) >= 11 is 1.98. The zero-order valence-corrected chi connectivity index (χ0v) is 14.2. The molecule has 1 aliphatic heterocycles. The Morgan fingerprint density at radius 1 is 1.20 bits per heavy atom. The maximum atomic E-state index is 3.49. The van der Waals surface area contributed by atoms with Gasteiger partial charge in [-0.3, -0.25) is 4.90 Å². The fourth-order valence-corrected chi connectivity index (χ4v) is 4.23. The molecule has 0 unspecified atom stereocenters. The van der Waals surface area contributed by atoms with Crippen LogP contribution in [0.3, 0.4) is 0 Å². The van der Waals surface area contributed by atoms with Crippen molar-refractivity contribution in [3.63, 3.8) is 0 Å². The molecule has 114 valence electrons. The Morgan fingerprint density at radius 2 is 1.95 bits per heavy atom. The highest BCUT2D eigenvalue weighted by Gasteiger charge is 2.34. The van der Waals surface area contributed by atoms with Crippen molar-refractivity contribution in [3.8, 4) is 0 Å². The molecule has 1 fully saturated rings. The van der Waals surface area contributed by atoms with Crippen molar-refractivity contribution < 1.29 is 0 Å². The second kappa shape index (κ2) is 7.58. The molecule has 2 heterocycles. The fraction of sp³-hybridized carbons (Fsp3) is 0.765. The lowest BCUT2D eigenvalue weighted by atomic mass is 9.82. The van der Waals surface area contributed by atoms with Gasteiger partial charge in [0.2, 0.25) is 0 Å². The summed E-state index contributed by atoms with van der Waals surface area (Å²) in [5.74, 6) is 0. The summed E-state index contributed by atoms with van der Waals surface area (Å²) in [5, 5.41) is 3.49. The van der Waals surface area contributed by atoms with Crippen molar-refractivity contribution in [1.29, 1.82) is 0 Å². The molecule has 0 amide bonds. The van der Waals surface area contributed by atoms with Gasteiger partial charge >= 0.3 is 0 Å². The molecule has 1 aromatic heterocycles. The summed E-state index contributed by atoms with van der Waals surface area (Å²) in [6.45, 7) is 12.8. The van der Waals surface area contributed by atoms with E-state index in [0.29, 0.717) is 5.41 Å². The maximum Gasteiger partial charge on any atom is 0.0328 e. The van der Waals surface area contributed by atoms with Crippen LogP contribution in [0.2, 0.25) is 0 Å². The standard InChI is InChI=1S/C17H30N2S/c1-4-10-18-12-15-7-8-16(20-15)13-19-11-9-17(5-2,6-3)14-19/h7-8,18H,4-6,9-14H2,1-3H3. The molecule has 0 radical (unpaired) electrons. The minimum atomic E-state index is 0.600. The average molecular weight is 295 g/mol. The van der Waals surface area contributed by atoms with Crippen LogP contribution in [-0.4, -0.2) is 24.5 Å². The van der Waals surface area contributed by atoms with Gasteiger partial charge in [-0.1, -0.05) is 20.8 Å². The number of hydrogen-bond donors (Lipinski definition) is 1. The highest BCUT2D eigenvalue weighted by atomic mass is 32.1. The van der Waals surface area contributed by atoms with Crippen molar-refractivity contribution in [2.24, 2.45) is 5.41 Å². The van der Waals surface area contributed by atoms with Crippen LogP contribution in [0, 0.1) is 5.41 Å². The molecule has 1 aromatic rings. The van der Waals surface area contributed by atoms with Crippen molar-refractivity contribution in [1.82, 2.24) is 10.2 Å². The highest BCUT2D eigenvalue weighted by Crippen LogP contribution is 2.37. The van der Waals surface area contributed by atoms with E-state index in [-0.39, 0.29) is 0 Å². The number of likely N-dealkylation sites (tertiary alicyclic amines) is 1. The van der Waals surface area contributed by atoms with Gasteiger partial charge in [-0.25, -0.2) is 0 Å². The molecule has 0 spiro atoms. The Labute approximate surface area is 128 Å². The van der Waals surface area contributed by atoms with Gasteiger partial charge in [-0.05, 0) is 56.3 Å². The van der Waals surface area contributed by atoms with E-state index < -0.39 is 0 Å². The Kier molecular flexibility index (Phi) is 6.06. The first kappa shape index (κ1) is 16.0. The first-order valence-corrected chi connectivity index (χ1v) is 9.03. The van der Waals surface area contributed by atoms with E-state index in [2.05, 4.69) is 43.1 Å². The van der Waals surface area contributed by atoms with E-state index in [4.69, 9.17) is 0 Å². The summed E-state index contributed by atoms with van der Waals surface area (Å²) in [7, 11) is 0. The summed E-state index contributed by atoms with van der Waals surface area (Å²) < 4.78 is 0. The minimum Gasteiger partial charge on any atom is -0.312 e. The van der Waals surface area contributed by atoms with Gasteiger partial charge in [0.05, 0.1) is 0 Å².